The maximum absolute atomic E-state index is 14.5. The van der Waals surface area contributed by atoms with Crippen LogP contribution in [0.15, 0.2) is 30.3 Å². The highest BCUT2D eigenvalue weighted by Crippen LogP contribution is 2.32. The summed E-state index contributed by atoms with van der Waals surface area (Å²) in [5, 5.41) is 0. The molecule has 0 radical (unpaired) electrons. The maximum Gasteiger partial charge on any atom is 0.433 e. The number of benzene rings is 1. The van der Waals surface area contributed by atoms with Crippen molar-refractivity contribution in [2.24, 2.45) is 5.73 Å². The molecule has 0 spiro atoms. The molecule has 188 valence electrons. The third-order valence-corrected chi connectivity index (χ3v) is 6.08. The van der Waals surface area contributed by atoms with Crippen molar-refractivity contribution < 1.29 is 31.1 Å². The van der Waals surface area contributed by atoms with Crippen LogP contribution in [0.4, 0.5) is 29.1 Å². The van der Waals surface area contributed by atoms with Gasteiger partial charge in [0.1, 0.15) is 17.3 Å². The molecule has 0 aliphatic carbocycles. The number of aromatic nitrogens is 1. The lowest BCUT2D eigenvalue weighted by Gasteiger charge is -2.24. The molecule has 2 N–H and O–H groups in total. The zero-order chi connectivity index (χ0) is 25.6. The van der Waals surface area contributed by atoms with E-state index in [0.717, 1.165) is 25.0 Å². The Bertz CT molecular complexity index is 1040. The van der Waals surface area contributed by atoms with Crippen LogP contribution in [0.5, 0.6) is 0 Å². The van der Waals surface area contributed by atoms with Gasteiger partial charge < -0.3 is 19.5 Å². The van der Waals surface area contributed by atoms with Gasteiger partial charge in [0.15, 0.2) is 0 Å². The van der Waals surface area contributed by atoms with Crippen molar-refractivity contribution in [2.45, 2.75) is 44.7 Å². The van der Waals surface area contributed by atoms with E-state index in [9.17, 15) is 31.1 Å². The first-order valence-electron chi connectivity index (χ1n) is 10.6. The lowest BCUT2D eigenvalue weighted by atomic mass is 9.91. The Morgan fingerprint density at radius 2 is 1.91 bits per heavy atom. The fraction of sp³-hybridized carbons (Fsp3) is 0.455. The van der Waals surface area contributed by atoms with Crippen LogP contribution in [0.3, 0.4) is 0 Å². The number of hydrogen-bond acceptors (Lipinski definition) is 5. The van der Waals surface area contributed by atoms with Gasteiger partial charge in [-0.25, -0.2) is 9.37 Å². The molecule has 2 rings (SSSR count). The van der Waals surface area contributed by atoms with Crippen LogP contribution >= 0.6 is 0 Å². The van der Waals surface area contributed by atoms with E-state index < -0.39 is 40.8 Å². The van der Waals surface area contributed by atoms with Crippen LogP contribution in [0.2, 0.25) is 0 Å². The van der Waals surface area contributed by atoms with Crippen molar-refractivity contribution >= 4 is 28.7 Å². The van der Waals surface area contributed by atoms with Crippen LogP contribution in [-0.2, 0) is 28.7 Å². The van der Waals surface area contributed by atoms with Gasteiger partial charge in [0, 0.05) is 31.9 Å². The molecule has 1 aromatic heterocycles. The number of primary amides is 1. The highest BCUT2D eigenvalue weighted by Gasteiger charge is 2.33. The van der Waals surface area contributed by atoms with Gasteiger partial charge in [-0.3, -0.25) is 9.00 Å². The molecule has 1 heterocycles. The predicted octanol–water partition coefficient (Wildman–Crippen LogP) is 3.91. The van der Waals surface area contributed by atoms with E-state index in [0.29, 0.717) is 16.4 Å². The average molecular weight is 504 g/mol. The van der Waals surface area contributed by atoms with E-state index in [4.69, 9.17) is 5.73 Å². The minimum atomic E-state index is -4.60. The smallest absolute Gasteiger partial charge is 0.433 e. The molecular formula is C22H27F4N4O3S-. The fourth-order valence-corrected chi connectivity index (χ4v) is 3.82. The number of aryl methyl sites for hydroxylation is 1. The van der Waals surface area contributed by atoms with Crippen molar-refractivity contribution in [3.8, 4) is 0 Å². The zero-order valence-electron chi connectivity index (χ0n) is 19.1. The summed E-state index contributed by atoms with van der Waals surface area (Å²) in [5.41, 5.74) is 5.04. The summed E-state index contributed by atoms with van der Waals surface area (Å²) >= 11 is -2.68. The number of rotatable bonds is 11. The van der Waals surface area contributed by atoms with Gasteiger partial charge in [0.05, 0.1) is 11.6 Å². The molecule has 2 atom stereocenters. The Balaban J connectivity index is 2.34. The van der Waals surface area contributed by atoms with E-state index in [-0.39, 0.29) is 29.9 Å². The number of carbonyl (C=O) groups is 1. The van der Waals surface area contributed by atoms with Crippen LogP contribution in [0.1, 0.15) is 48.9 Å². The van der Waals surface area contributed by atoms with Gasteiger partial charge >= 0.3 is 6.18 Å². The van der Waals surface area contributed by atoms with Crippen LogP contribution < -0.4 is 14.9 Å². The minimum absolute atomic E-state index is 0.0963. The lowest BCUT2D eigenvalue weighted by molar-refractivity contribution is -0.141. The molecule has 0 aliphatic heterocycles. The van der Waals surface area contributed by atoms with Crippen molar-refractivity contribution in [1.29, 1.82) is 0 Å². The van der Waals surface area contributed by atoms with E-state index in [1.807, 2.05) is 6.92 Å². The second kappa shape index (κ2) is 11.6. The van der Waals surface area contributed by atoms with Crippen molar-refractivity contribution in [3.05, 3.63) is 53.0 Å². The SMILES string of the molecule is CCCCN(C)c1nc(C(F)(F)F)ccc1CCC(C(N)=O)c1ccc(N(C)S(=O)[O-])c(F)c1. The highest BCUT2D eigenvalue weighted by atomic mass is 32.2. The van der Waals surface area contributed by atoms with Gasteiger partial charge in [0.2, 0.25) is 5.91 Å². The summed E-state index contributed by atoms with van der Waals surface area (Å²) in [5.74, 6) is -2.38. The third-order valence-electron chi connectivity index (χ3n) is 5.44. The first-order chi connectivity index (χ1) is 15.9. The molecule has 0 bridgehead atoms. The number of pyridine rings is 1. The van der Waals surface area contributed by atoms with E-state index >= 15 is 0 Å². The first-order valence-corrected chi connectivity index (χ1v) is 11.6. The third kappa shape index (κ3) is 6.89. The Morgan fingerprint density at radius 1 is 1.24 bits per heavy atom. The average Bonchev–Trinajstić information content (AvgIpc) is 2.76. The van der Waals surface area contributed by atoms with Crippen molar-refractivity contribution in [2.75, 3.05) is 29.8 Å². The molecule has 2 aromatic rings. The number of unbranched alkanes of at least 4 members (excludes halogenated alkanes) is 1. The maximum atomic E-state index is 14.5. The second-order valence-electron chi connectivity index (χ2n) is 7.87. The Labute approximate surface area is 198 Å². The first kappa shape index (κ1) is 27.5. The topological polar surface area (TPSA) is 103 Å². The number of nitrogens with two attached hydrogens (primary N) is 1. The van der Waals surface area contributed by atoms with Gasteiger partial charge in [0.25, 0.3) is 0 Å². The molecule has 0 saturated heterocycles. The minimum Gasteiger partial charge on any atom is -0.755 e. The Kier molecular flexibility index (Phi) is 9.39. The molecular weight excluding hydrogens is 476 g/mol. The highest BCUT2D eigenvalue weighted by molar-refractivity contribution is 7.80. The van der Waals surface area contributed by atoms with Gasteiger partial charge in [-0.2, -0.15) is 13.2 Å². The summed E-state index contributed by atoms with van der Waals surface area (Å²) in [6.07, 6.45) is -2.74. The Hall–Kier alpha value is -2.73. The fourth-order valence-electron chi connectivity index (χ4n) is 3.51. The van der Waals surface area contributed by atoms with E-state index in [2.05, 4.69) is 4.98 Å². The summed E-state index contributed by atoms with van der Waals surface area (Å²) in [6, 6.07) is 5.87. The largest absolute Gasteiger partial charge is 0.755 e. The lowest BCUT2D eigenvalue weighted by Crippen LogP contribution is -2.25. The second-order valence-corrected chi connectivity index (χ2v) is 8.85. The Morgan fingerprint density at radius 3 is 2.44 bits per heavy atom. The number of alkyl halides is 3. The summed E-state index contributed by atoms with van der Waals surface area (Å²) in [6.45, 7) is 2.46. The van der Waals surface area contributed by atoms with Gasteiger partial charge in [-0.15, -0.1) is 0 Å². The molecule has 0 aliphatic rings. The molecule has 1 aromatic carbocycles. The number of hydrogen-bond donors (Lipinski definition) is 1. The summed E-state index contributed by atoms with van der Waals surface area (Å²) < 4.78 is 77.0. The quantitative estimate of drug-likeness (QED) is 0.370. The summed E-state index contributed by atoms with van der Waals surface area (Å²) in [4.78, 5) is 17.6. The molecule has 1 amide bonds. The number of nitrogens with zero attached hydrogens (tertiary/aromatic N) is 3. The van der Waals surface area contributed by atoms with Crippen molar-refractivity contribution in [3.63, 3.8) is 0 Å². The molecule has 0 fully saturated rings. The summed E-state index contributed by atoms with van der Waals surface area (Å²) in [7, 11) is 2.82. The predicted molar refractivity (Wildman–Crippen MR) is 121 cm³/mol. The molecule has 2 unspecified atom stereocenters. The molecule has 7 nitrogen and oxygen atoms in total. The molecule has 12 heteroatoms. The number of anilines is 2. The normalized spacial score (nSPS) is 13.4. The van der Waals surface area contributed by atoms with Gasteiger partial charge in [-0.05, 0) is 48.6 Å². The van der Waals surface area contributed by atoms with Crippen LogP contribution in [0.25, 0.3) is 0 Å². The van der Waals surface area contributed by atoms with Crippen LogP contribution in [0, 0.1) is 5.82 Å². The number of carbonyl (C=O) groups excluding carboxylic acids is 1. The van der Waals surface area contributed by atoms with E-state index in [1.54, 1.807) is 11.9 Å². The standard InChI is InChI=1S/C22H28F4N4O3S/c1-4-5-12-29(2)21-14(8-11-19(28-21)22(24,25)26)6-9-16(20(27)31)15-7-10-18(17(23)13-15)30(3)34(32)33/h7-8,10-11,13,16H,4-6,9,12H2,1-3H3,(H2,27,31)(H,32,33)/p-1. The number of amides is 1. The monoisotopic (exact) mass is 503 g/mol. The zero-order valence-corrected chi connectivity index (χ0v) is 19.9. The van der Waals surface area contributed by atoms with Crippen LogP contribution in [-0.4, -0.2) is 40.3 Å². The molecule has 34 heavy (non-hydrogen) atoms. The van der Waals surface area contributed by atoms with Crippen molar-refractivity contribution in [1.82, 2.24) is 4.98 Å². The molecule has 0 saturated carbocycles. The van der Waals surface area contributed by atoms with E-state index in [1.165, 1.54) is 25.2 Å². The number of halogens is 4. The van der Waals surface area contributed by atoms with Gasteiger partial charge in [-0.1, -0.05) is 25.5 Å².